The molecule has 0 saturated carbocycles. The van der Waals surface area contributed by atoms with Crippen LogP contribution < -0.4 is 0 Å². The fraction of sp³-hybridized carbons (Fsp3) is 0. The molecule has 0 bridgehead atoms. The van der Waals surface area contributed by atoms with E-state index in [0.29, 0.717) is 0 Å². The van der Waals surface area contributed by atoms with Crippen LogP contribution in [0.2, 0.25) is 0 Å². The predicted octanol–water partition coefficient (Wildman–Crippen LogP) is -2.21. The van der Waals surface area contributed by atoms with E-state index in [1.165, 1.54) is 0 Å². The Labute approximate surface area is 93.9 Å². The van der Waals surface area contributed by atoms with Crippen LogP contribution in [0, 0.1) is 0 Å². The Morgan fingerprint density at radius 3 is 0.600 bits per heavy atom. The van der Waals surface area contributed by atoms with Crippen molar-refractivity contribution in [2.24, 2.45) is 0 Å². The van der Waals surface area contributed by atoms with E-state index in [9.17, 15) is 0 Å². The molecular weight excluding hydrogens is 291 g/mol. The molecule has 0 atom stereocenters. The van der Waals surface area contributed by atoms with E-state index in [4.69, 9.17) is 15.1 Å². The summed E-state index contributed by atoms with van der Waals surface area (Å²) in [7, 11) is -2.17. The van der Waals surface area contributed by atoms with Gasteiger partial charge in [-0.3, -0.25) is 23.5 Å². The molecule has 0 amide bonds. The molecule has 0 fully saturated rings. The average Bonchev–Trinajstić information content (AvgIpc) is 0.811. The number of hydrogen-bond acceptors (Lipinski definition) is 3. The van der Waals surface area contributed by atoms with Crippen LogP contribution in [0.4, 0.5) is 23.5 Å². The summed E-state index contributed by atoms with van der Waals surface area (Å²) in [4.78, 5) is 0. The van der Waals surface area contributed by atoms with E-state index in [2.05, 4.69) is 0 Å². The summed E-state index contributed by atoms with van der Waals surface area (Å²) in [6.45, 7) is 0. The molecular formula is H10BBaF5O3. The quantitative estimate of drug-likeness (QED) is 0.351. The first-order valence-corrected chi connectivity index (χ1v) is 0.775. The van der Waals surface area contributed by atoms with Crippen LogP contribution in [-0.2, 0) is 0 Å². The minimum absolute atomic E-state index is 0. The summed E-state index contributed by atoms with van der Waals surface area (Å²) >= 11 is 0. The molecule has 3 nitrogen and oxygen atoms in total. The minimum atomic E-state index is -2.17. The predicted molar refractivity (Wildman–Crippen MR) is 33.5 cm³/mol. The summed E-state index contributed by atoms with van der Waals surface area (Å²) in [5.41, 5.74) is 0. The van der Waals surface area contributed by atoms with E-state index in [0.717, 1.165) is 0 Å². The first-order valence-electron chi connectivity index (χ1n) is 0.775. The van der Waals surface area contributed by atoms with E-state index < -0.39 is 7.32 Å². The Balaban J connectivity index is -0.00000000300. The first kappa shape index (κ1) is 66.5. The molecule has 10 heteroatoms. The number of hydrogen-bond donors (Lipinski definition) is 3. The molecule has 0 rings (SSSR count). The standard InChI is InChI=1S/BH3O3.Ba.5FH.2H/c2-1(3)4;;;;;;;;/h2-4H;;5*1H;;. The molecule has 0 radical (unpaired) electrons. The van der Waals surface area contributed by atoms with Crippen LogP contribution in [-0.4, -0.2) is 71.3 Å². The molecule has 0 aliphatic rings. The van der Waals surface area contributed by atoms with Crippen molar-refractivity contribution in [1.82, 2.24) is 0 Å². The third-order valence-electron chi connectivity index (χ3n) is 0. The van der Waals surface area contributed by atoms with E-state index in [-0.39, 0.29) is 72.4 Å². The summed E-state index contributed by atoms with van der Waals surface area (Å²) in [5, 5.41) is 21.5. The number of halogens is 5. The summed E-state index contributed by atoms with van der Waals surface area (Å²) < 4.78 is 0. The van der Waals surface area contributed by atoms with E-state index in [1.807, 2.05) is 0 Å². The third-order valence-corrected chi connectivity index (χ3v) is 0. The Kier molecular flexibility index (Phi) is 327. The van der Waals surface area contributed by atoms with E-state index in [1.54, 1.807) is 0 Å². The molecule has 0 aromatic carbocycles. The van der Waals surface area contributed by atoms with Crippen LogP contribution in [0.1, 0.15) is 0 Å². The first-order chi connectivity index (χ1) is 1.73. The molecule has 0 heterocycles. The second-order valence-electron chi connectivity index (χ2n) is 0.346. The Bertz CT molecular complexity index is 21.6. The van der Waals surface area contributed by atoms with Crippen LogP contribution in [0.3, 0.4) is 0 Å². The zero-order chi connectivity index (χ0) is 3.58. The van der Waals surface area contributed by atoms with Gasteiger partial charge in [-0.2, -0.15) is 0 Å². The topological polar surface area (TPSA) is 60.7 Å². The Morgan fingerprint density at radius 1 is 0.600 bits per heavy atom. The van der Waals surface area contributed by atoms with Crippen LogP contribution in [0.15, 0.2) is 0 Å². The zero-order valence-electron chi connectivity index (χ0n) is 3.96. The van der Waals surface area contributed by atoms with Gasteiger partial charge in [0.25, 0.3) is 0 Å². The third kappa shape index (κ3) is 449. The molecule has 0 spiro atoms. The van der Waals surface area contributed by atoms with Crippen molar-refractivity contribution in [3.63, 3.8) is 0 Å². The van der Waals surface area contributed by atoms with Crippen LogP contribution in [0.25, 0.3) is 0 Å². The van der Waals surface area contributed by atoms with Crippen molar-refractivity contribution in [3.05, 3.63) is 0 Å². The van der Waals surface area contributed by atoms with Crippen molar-refractivity contribution in [2.75, 3.05) is 0 Å². The van der Waals surface area contributed by atoms with Crippen LogP contribution in [0.5, 0.6) is 0 Å². The fourth-order valence-electron chi connectivity index (χ4n) is 0. The van der Waals surface area contributed by atoms with Crippen molar-refractivity contribution in [1.29, 1.82) is 0 Å². The van der Waals surface area contributed by atoms with Gasteiger partial charge < -0.3 is 15.1 Å². The van der Waals surface area contributed by atoms with E-state index >= 15 is 0 Å². The van der Waals surface area contributed by atoms with Gasteiger partial charge in [0, 0.05) is 0 Å². The van der Waals surface area contributed by atoms with Crippen molar-refractivity contribution < 1.29 is 38.6 Å². The van der Waals surface area contributed by atoms with Gasteiger partial charge in [-0.25, -0.2) is 0 Å². The maximum absolute atomic E-state index is 7.17. The molecule has 0 aliphatic carbocycles. The van der Waals surface area contributed by atoms with Crippen molar-refractivity contribution in [3.8, 4) is 0 Å². The molecule has 68 valence electrons. The summed E-state index contributed by atoms with van der Waals surface area (Å²) in [6, 6.07) is 0. The van der Waals surface area contributed by atoms with Gasteiger partial charge in [-0.05, 0) is 0 Å². The van der Waals surface area contributed by atoms with Crippen molar-refractivity contribution >= 4 is 56.2 Å². The summed E-state index contributed by atoms with van der Waals surface area (Å²) in [6.07, 6.45) is 0. The monoisotopic (exact) mass is 302 g/mol. The SMILES string of the molecule is F.F.F.F.F.OB(O)O.[BaH2]. The van der Waals surface area contributed by atoms with Crippen molar-refractivity contribution in [2.45, 2.75) is 0 Å². The number of rotatable bonds is 0. The molecule has 0 aromatic rings. The average molecular weight is 301 g/mol. The normalized spacial score (nSPS) is 2.70. The second kappa shape index (κ2) is 49.2. The van der Waals surface area contributed by atoms with Gasteiger partial charge in [0.1, 0.15) is 0 Å². The van der Waals surface area contributed by atoms with Gasteiger partial charge in [0.15, 0.2) is 0 Å². The molecule has 0 saturated heterocycles. The molecule has 0 aromatic heterocycles. The van der Waals surface area contributed by atoms with Gasteiger partial charge in [-0.15, -0.1) is 0 Å². The summed E-state index contributed by atoms with van der Waals surface area (Å²) in [5.74, 6) is 0. The zero-order valence-corrected chi connectivity index (χ0v) is 3.96. The molecule has 3 N–H and O–H groups in total. The fourth-order valence-corrected chi connectivity index (χ4v) is 0. The molecule has 0 aliphatic heterocycles. The maximum atomic E-state index is 7.17. The van der Waals surface area contributed by atoms with Gasteiger partial charge in [0.2, 0.25) is 0 Å². The molecule has 10 heavy (non-hydrogen) atoms. The van der Waals surface area contributed by atoms with Crippen LogP contribution >= 0.6 is 0 Å². The van der Waals surface area contributed by atoms with Gasteiger partial charge in [-0.1, -0.05) is 0 Å². The Morgan fingerprint density at radius 2 is 0.600 bits per heavy atom. The van der Waals surface area contributed by atoms with Gasteiger partial charge >= 0.3 is 56.2 Å². The molecule has 0 unspecified atom stereocenters. The Hall–Kier alpha value is 1.17. The second-order valence-corrected chi connectivity index (χ2v) is 0.346. The van der Waals surface area contributed by atoms with Gasteiger partial charge in [0.05, 0.1) is 0 Å².